The van der Waals surface area contributed by atoms with Gasteiger partial charge in [-0.3, -0.25) is 4.79 Å². The molecule has 0 heterocycles. The molecule has 0 spiro atoms. The summed E-state index contributed by atoms with van der Waals surface area (Å²) in [7, 11) is 0. The Morgan fingerprint density at radius 1 is 1.24 bits per heavy atom. The lowest BCUT2D eigenvalue weighted by Gasteiger charge is -2.28. The van der Waals surface area contributed by atoms with Crippen LogP contribution < -0.4 is 9.47 Å². The molecule has 21 heavy (non-hydrogen) atoms. The lowest BCUT2D eigenvalue weighted by atomic mass is 9.72. The fourth-order valence-electron chi connectivity index (χ4n) is 2.71. The molecule has 1 fully saturated rings. The van der Waals surface area contributed by atoms with Crippen LogP contribution in [0.4, 0.5) is 0 Å². The van der Waals surface area contributed by atoms with Gasteiger partial charge in [0.25, 0.3) is 0 Å². The maximum atomic E-state index is 12.1. The Labute approximate surface area is 125 Å². The van der Waals surface area contributed by atoms with E-state index < -0.39 is 5.41 Å². The molecule has 0 bridgehead atoms. The predicted molar refractivity (Wildman–Crippen MR) is 79.2 cm³/mol. The second kappa shape index (κ2) is 7.12. The summed E-state index contributed by atoms with van der Waals surface area (Å²) < 4.78 is 11.2. The lowest BCUT2D eigenvalue weighted by Crippen LogP contribution is -2.34. The average Bonchev–Trinajstić information content (AvgIpc) is 2.51. The summed E-state index contributed by atoms with van der Waals surface area (Å²) in [5, 5.41) is 9.40. The van der Waals surface area contributed by atoms with Crippen LogP contribution in [0.25, 0.3) is 0 Å². The molecule has 1 aromatic carbocycles. The van der Waals surface area contributed by atoms with E-state index in [0.29, 0.717) is 44.0 Å². The van der Waals surface area contributed by atoms with E-state index in [2.05, 4.69) is 6.07 Å². The molecule has 4 nitrogen and oxygen atoms in total. The molecule has 112 valence electrons. The normalized spacial score (nSPS) is 21.6. The SMILES string of the molecule is CCOc1ccccc1OCCC1(C#N)CCCCC1=O. The minimum absolute atomic E-state index is 0.0675. The van der Waals surface area contributed by atoms with Gasteiger partial charge < -0.3 is 9.47 Å². The van der Waals surface area contributed by atoms with Crippen molar-refractivity contribution in [3.8, 4) is 17.6 Å². The molecule has 0 aliphatic heterocycles. The van der Waals surface area contributed by atoms with E-state index in [1.54, 1.807) is 0 Å². The third kappa shape index (κ3) is 3.55. The number of ether oxygens (including phenoxy) is 2. The van der Waals surface area contributed by atoms with Crippen LogP contribution in [0.2, 0.25) is 0 Å². The molecule has 0 saturated heterocycles. The van der Waals surface area contributed by atoms with Gasteiger partial charge in [0.2, 0.25) is 0 Å². The zero-order chi connectivity index (χ0) is 15.1. The van der Waals surface area contributed by atoms with Gasteiger partial charge in [0, 0.05) is 12.8 Å². The highest BCUT2D eigenvalue weighted by Gasteiger charge is 2.39. The molecule has 2 rings (SSSR count). The molecule has 1 atom stereocenters. The minimum atomic E-state index is -0.848. The molecule has 4 heteroatoms. The van der Waals surface area contributed by atoms with Gasteiger partial charge in [0.1, 0.15) is 5.41 Å². The fourth-order valence-corrected chi connectivity index (χ4v) is 2.71. The minimum Gasteiger partial charge on any atom is -0.490 e. The van der Waals surface area contributed by atoms with E-state index >= 15 is 0 Å². The third-order valence-electron chi connectivity index (χ3n) is 3.94. The Morgan fingerprint density at radius 3 is 2.57 bits per heavy atom. The van der Waals surface area contributed by atoms with E-state index in [1.807, 2.05) is 31.2 Å². The van der Waals surface area contributed by atoms with Crippen molar-refractivity contribution in [2.45, 2.75) is 39.0 Å². The second-order valence-electron chi connectivity index (χ2n) is 5.30. The first-order valence-corrected chi connectivity index (χ1v) is 7.51. The summed E-state index contributed by atoms with van der Waals surface area (Å²) in [4.78, 5) is 12.1. The zero-order valence-corrected chi connectivity index (χ0v) is 12.4. The first-order valence-electron chi connectivity index (χ1n) is 7.51. The van der Waals surface area contributed by atoms with Crippen molar-refractivity contribution in [1.82, 2.24) is 0 Å². The van der Waals surface area contributed by atoms with E-state index in [-0.39, 0.29) is 5.78 Å². The number of carbonyl (C=O) groups excluding carboxylic acids is 1. The number of ketones is 1. The van der Waals surface area contributed by atoms with Crippen LogP contribution in [-0.2, 0) is 4.79 Å². The Kier molecular flexibility index (Phi) is 5.21. The van der Waals surface area contributed by atoms with Gasteiger partial charge in [-0.25, -0.2) is 0 Å². The largest absolute Gasteiger partial charge is 0.490 e. The Hall–Kier alpha value is -2.02. The van der Waals surface area contributed by atoms with Crippen LogP contribution in [0.3, 0.4) is 0 Å². The maximum absolute atomic E-state index is 12.1. The number of Topliss-reactive ketones (excluding diaryl/α,β-unsaturated/α-hetero) is 1. The molecular weight excluding hydrogens is 266 g/mol. The number of benzene rings is 1. The van der Waals surface area contributed by atoms with Gasteiger partial charge in [-0.2, -0.15) is 5.26 Å². The molecule has 1 saturated carbocycles. The summed E-state index contributed by atoms with van der Waals surface area (Å²) in [6.45, 7) is 2.84. The first-order chi connectivity index (χ1) is 10.2. The average molecular weight is 287 g/mol. The van der Waals surface area contributed by atoms with Crippen LogP contribution in [0, 0.1) is 16.7 Å². The summed E-state index contributed by atoms with van der Waals surface area (Å²) in [5.74, 6) is 1.43. The van der Waals surface area contributed by atoms with Gasteiger partial charge in [0.05, 0.1) is 19.3 Å². The van der Waals surface area contributed by atoms with Gasteiger partial charge >= 0.3 is 0 Å². The van der Waals surface area contributed by atoms with Crippen molar-refractivity contribution in [1.29, 1.82) is 5.26 Å². The molecule has 0 aromatic heterocycles. The van der Waals surface area contributed by atoms with E-state index in [0.717, 1.165) is 12.8 Å². The van der Waals surface area contributed by atoms with Crippen molar-refractivity contribution in [2.24, 2.45) is 5.41 Å². The molecule has 1 aromatic rings. The van der Waals surface area contributed by atoms with Crippen LogP contribution in [0.5, 0.6) is 11.5 Å². The Morgan fingerprint density at radius 2 is 1.95 bits per heavy atom. The molecule has 0 radical (unpaired) electrons. The highest BCUT2D eigenvalue weighted by molar-refractivity contribution is 5.88. The van der Waals surface area contributed by atoms with Crippen LogP contribution in [0.15, 0.2) is 24.3 Å². The van der Waals surface area contributed by atoms with E-state index in [1.165, 1.54) is 0 Å². The van der Waals surface area contributed by atoms with Crippen molar-refractivity contribution < 1.29 is 14.3 Å². The summed E-state index contributed by atoms with van der Waals surface area (Å²) in [5.41, 5.74) is -0.848. The highest BCUT2D eigenvalue weighted by Crippen LogP contribution is 2.36. The van der Waals surface area contributed by atoms with Crippen LogP contribution in [-0.4, -0.2) is 19.0 Å². The number of carbonyl (C=O) groups is 1. The smallest absolute Gasteiger partial charge is 0.161 e. The molecule has 0 amide bonds. The number of hydrogen-bond donors (Lipinski definition) is 0. The fraction of sp³-hybridized carbons (Fsp3) is 0.529. The van der Waals surface area contributed by atoms with Crippen molar-refractivity contribution in [3.05, 3.63) is 24.3 Å². The molecular formula is C17H21NO3. The number of nitrogens with zero attached hydrogens (tertiary/aromatic N) is 1. The first kappa shape index (κ1) is 15.4. The van der Waals surface area contributed by atoms with Crippen LogP contribution in [0.1, 0.15) is 39.0 Å². The highest BCUT2D eigenvalue weighted by atomic mass is 16.5. The standard InChI is InChI=1S/C17H21NO3/c1-2-20-14-7-3-4-8-15(14)21-12-11-17(13-18)10-6-5-9-16(17)19/h3-4,7-8H,2,5-6,9-12H2,1H3. The number of nitriles is 1. The summed E-state index contributed by atoms with van der Waals surface area (Å²) in [6, 6.07) is 9.69. The van der Waals surface area contributed by atoms with Crippen molar-refractivity contribution in [3.63, 3.8) is 0 Å². The monoisotopic (exact) mass is 287 g/mol. The predicted octanol–water partition coefficient (Wildman–Crippen LogP) is 3.51. The van der Waals surface area contributed by atoms with Gasteiger partial charge in [-0.15, -0.1) is 0 Å². The zero-order valence-electron chi connectivity index (χ0n) is 12.4. The van der Waals surface area contributed by atoms with E-state index in [4.69, 9.17) is 9.47 Å². The second-order valence-corrected chi connectivity index (χ2v) is 5.30. The number of para-hydroxylation sites is 2. The number of rotatable bonds is 6. The van der Waals surface area contributed by atoms with Crippen molar-refractivity contribution in [2.75, 3.05) is 13.2 Å². The molecule has 0 N–H and O–H groups in total. The lowest BCUT2D eigenvalue weighted by molar-refractivity contribution is -0.128. The molecule has 1 aliphatic carbocycles. The Balaban J connectivity index is 1.97. The van der Waals surface area contributed by atoms with Crippen molar-refractivity contribution >= 4 is 5.78 Å². The topological polar surface area (TPSA) is 59.3 Å². The van der Waals surface area contributed by atoms with Crippen LogP contribution >= 0.6 is 0 Å². The summed E-state index contributed by atoms with van der Waals surface area (Å²) >= 11 is 0. The molecule has 1 aliphatic rings. The maximum Gasteiger partial charge on any atom is 0.161 e. The summed E-state index contributed by atoms with van der Waals surface area (Å²) in [6.07, 6.45) is 3.45. The third-order valence-corrected chi connectivity index (χ3v) is 3.94. The molecule has 1 unspecified atom stereocenters. The van der Waals surface area contributed by atoms with Gasteiger partial charge in [0.15, 0.2) is 17.3 Å². The van der Waals surface area contributed by atoms with Gasteiger partial charge in [-0.05, 0) is 31.9 Å². The van der Waals surface area contributed by atoms with Gasteiger partial charge in [-0.1, -0.05) is 18.6 Å². The Bertz CT molecular complexity index is 535. The number of hydrogen-bond acceptors (Lipinski definition) is 4. The quantitative estimate of drug-likeness (QED) is 0.803. The van der Waals surface area contributed by atoms with E-state index in [9.17, 15) is 10.1 Å².